The highest BCUT2D eigenvalue weighted by Crippen LogP contribution is 2.06. The second-order valence-corrected chi connectivity index (χ2v) is 3.51. The van der Waals surface area contributed by atoms with Crippen molar-refractivity contribution in [1.82, 2.24) is 25.2 Å². The van der Waals surface area contributed by atoms with Crippen molar-refractivity contribution >= 4 is 5.91 Å². The molecule has 6 heteroatoms. The van der Waals surface area contributed by atoms with Gasteiger partial charge in [-0.05, 0) is 0 Å². The molecule has 2 heterocycles. The Morgan fingerprint density at radius 1 is 1.71 bits per heavy atom. The SMILES string of the molecule is CN(C(=O)c1cn(C)nn1)C1CNC1. The van der Waals surface area contributed by atoms with Gasteiger partial charge in [0.1, 0.15) is 0 Å². The number of hydrogen-bond acceptors (Lipinski definition) is 4. The molecule has 14 heavy (non-hydrogen) atoms. The fourth-order valence-corrected chi connectivity index (χ4v) is 1.34. The smallest absolute Gasteiger partial charge is 0.276 e. The van der Waals surface area contributed by atoms with Gasteiger partial charge < -0.3 is 10.2 Å². The molecule has 1 N–H and O–H groups in total. The first-order valence-corrected chi connectivity index (χ1v) is 4.52. The lowest BCUT2D eigenvalue weighted by Gasteiger charge is -2.35. The molecular weight excluding hydrogens is 182 g/mol. The average molecular weight is 195 g/mol. The van der Waals surface area contributed by atoms with Crippen LogP contribution in [0.1, 0.15) is 10.5 Å². The minimum atomic E-state index is -0.0652. The summed E-state index contributed by atoms with van der Waals surface area (Å²) in [6, 6.07) is 0.296. The van der Waals surface area contributed by atoms with Gasteiger partial charge in [-0.2, -0.15) is 0 Å². The largest absolute Gasteiger partial charge is 0.335 e. The van der Waals surface area contributed by atoms with Crippen molar-refractivity contribution in [2.45, 2.75) is 6.04 Å². The summed E-state index contributed by atoms with van der Waals surface area (Å²) in [4.78, 5) is 13.5. The van der Waals surface area contributed by atoms with Gasteiger partial charge in [0.2, 0.25) is 0 Å². The topological polar surface area (TPSA) is 63.1 Å². The van der Waals surface area contributed by atoms with Crippen LogP contribution in [0.5, 0.6) is 0 Å². The van der Waals surface area contributed by atoms with Crippen molar-refractivity contribution in [1.29, 1.82) is 0 Å². The van der Waals surface area contributed by atoms with Gasteiger partial charge in [0.05, 0.1) is 12.2 Å². The molecule has 1 aromatic heterocycles. The van der Waals surface area contributed by atoms with Gasteiger partial charge in [-0.1, -0.05) is 5.21 Å². The predicted octanol–water partition coefficient (Wildman–Crippen LogP) is -1.14. The second kappa shape index (κ2) is 3.38. The Labute approximate surface area is 81.9 Å². The first-order chi connectivity index (χ1) is 6.68. The normalized spacial score (nSPS) is 16.4. The van der Waals surface area contributed by atoms with Gasteiger partial charge in [0, 0.05) is 27.2 Å². The van der Waals surface area contributed by atoms with Crippen molar-refractivity contribution in [2.75, 3.05) is 20.1 Å². The summed E-state index contributed by atoms with van der Waals surface area (Å²) in [6.45, 7) is 1.73. The molecule has 0 atom stereocenters. The number of aromatic nitrogens is 3. The molecule has 1 fully saturated rings. The Kier molecular flexibility index (Phi) is 2.20. The van der Waals surface area contributed by atoms with Crippen molar-refractivity contribution < 1.29 is 4.79 Å². The lowest BCUT2D eigenvalue weighted by Crippen LogP contribution is -2.57. The maximum atomic E-state index is 11.8. The number of rotatable bonds is 2. The zero-order chi connectivity index (χ0) is 10.1. The third-order valence-electron chi connectivity index (χ3n) is 2.45. The van der Waals surface area contributed by atoms with E-state index in [1.54, 1.807) is 25.2 Å². The van der Waals surface area contributed by atoms with Gasteiger partial charge in [-0.3, -0.25) is 9.48 Å². The zero-order valence-electron chi connectivity index (χ0n) is 8.27. The van der Waals surface area contributed by atoms with Crippen molar-refractivity contribution in [3.63, 3.8) is 0 Å². The molecule has 6 nitrogen and oxygen atoms in total. The molecule has 1 aliphatic heterocycles. The third-order valence-corrected chi connectivity index (χ3v) is 2.45. The highest BCUT2D eigenvalue weighted by molar-refractivity contribution is 5.92. The van der Waals surface area contributed by atoms with E-state index >= 15 is 0 Å². The highest BCUT2D eigenvalue weighted by atomic mass is 16.2. The van der Waals surface area contributed by atoms with Crippen LogP contribution in [0.4, 0.5) is 0 Å². The molecule has 0 radical (unpaired) electrons. The second-order valence-electron chi connectivity index (χ2n) is 3.51. The molecule has 0 saturated carbocycles. The van der Waals surface area contributed by atoms with Crippen LogP contribution in [-0.4, -0.2) is 52.0 Å². The van der Waals surface area contributed by atoms with Gasteiger partial charge in [-0.25, -0.2) is 0 Å². The van der Waals surface area contributed by atoms with E-state index in [-0.39, 0.29) is 5.91 Å². The summed E-state index contributed by atoms with van der Waals surface area (Å²) in [5, 5.41) is 10.6. The van der Waals surface area contributed by atoms with Gasteiger partial charge in [-0.15, -0.1) is 5.10 Å². The summed E-state index contributed by atoms with van der Waals surface area (Å²) >= 11 is 0. The van der Waals surface area contributed by atoms with Crippen LogP contribution in [0.3, 0.4) is 0 Å². The van der Waals surface area contributed by atoms with E-state index in [0.717, 1.165) is 13.1 Å². The Morgan fingerprint density at radius 2 is 2.43 bits per heavy atom. The third kappa shape index (κ3) is 1.48. The number of aryl methyl sites for hydroxylation is 1. The number of nitrogens with one attached hydrogen (secondary N) is 1. The zero-order valence-corrected chi connectivity index (χ0v) is 8.27. The van der Waals surface area contributed by atoms with E-state index < -0.39 is 0 Å². The monoisotopic (exact) mass is 195 g/mol. The molecule has 1 amide bonds. The van der Waals surface area contributed by atoms with Gasteiger partial charge in [0.25, 0.3) is 5.91 Å². The molecular formula is C8H13N5O. The number of likely N-dealkylation sites (N-methyl/N-ethyl adjacent to an activating group) is 1. The molecule has 2 rings (SSSR count). The van der Waals surface area contributed by atoms with Crippen molar-refractivity contribution in [3.8, 4) is 0 Å². The van der Waals surface area contributed by atoms with Crippen LogP contribution in [0.2, 0.25) is 0 Å². The fourth-order valence-electron chi connectivity index (χ4n) is 1.34. The first kappa shape index (κ1) is 9.14. The van der Waals surface area contributed by atoms with Crippen LogP contribution in [0.15, 0.2) is 6.20 Å². The number of hydrogen-bond donors (Lipinski definition) is 1. The standard InChI is InChI=1S/C8H13N5O/c1-12-5-7(10-11-12)8(14)13(2)6-3-9-4-6/h5-6,9H,3-4H2,1-2H3. The summed E-state index contributed by atoms with van der Waals surface area (Å²) in [7, 11) is 3.54. The van der Waals surface area contributed by atoms with Crippen LogP contribution >= 0.6 is 0 Å². The number of nitrogens with zero attached hydrogens (tertiary/aromatic N) is 4. The van der Waals surface area contributed by atoms with E-state index in [1.807, 2.05) is 0 Å². The summed E-state index contributed by atoms with van der Waals surface area (Å²) in [6.07, 6.45) is 1.63. The number of carbonyl (C=O) groups excluding carboxylic acids is 1. The van der Waals surface area contributed by atoms with E-state index in [9.17, 15) is 4.79 Å². The van der Waals surface area contributed by atoms with Crippen LogP contribution < -0.4 is 5.32 Å². The Bertz CT molecular complexity index is 343. The molecule has 0 aromatic carbocycles. The van der Waals surface area contributed by atoms with E-state index in [0.29, 0.717) is 11.7 Å². The van der Waals surface area contributed by atoms with E-state index in [1.165, 1.54) is 4.68 Å². The summed E-state index contributed by atoms with van der Waals surface area (Å²) < 4.78 is 1.53. The Morgan fingerprint density at radius 3 is 2.86 bits per heavy atom. The first-order valence-electron chi connectivity index (χ1n) is 4.52. The van der Waals surface area contributed by atoms with Gasteiger partial charge >= 0.3 is 0 Å². The minimum absolute atomic E-state index is 0.0652. The molecule has 1 aliphatic rings. The summed E-state index contributed by atoms with van der Waals surface area (Å²) in [5.41, 5.74) is 0.405. The van der Waals surface area contributed by atoms with Crippen LogP contribution in [0, 0.1) is 0 Å². The van der Waals surface area contributed by atoms with Crippen molar-refractivity contribution in [2.24, 2.45) is 7.05 Å². The molecule has 0 bridgehead atoms. The lowest BCUT2D eigenvalue weighted by molar-refractivity contribution is 0.0675. The fraction of sp³-hybridized carbons (Fsp3) is 0.625. The average Bonchev–Trinajstić information content (AvgIpc) is 2.47. The predicted molar refractivity (Wildman–Crippen MR) is 49.8 cm³/mol. The highest BCUT2D eigenvalue weighted by Gasteiger charge is 2.27. The quantitative estimate of drug-likeness (QED) is 0.648. The summed E-state index contributed by atoms with van der Waals surface area (Å²) in [5.74, 6) is -0.0652. The molecule has 0 spiro atoms. The van der Waals surface area contributed by atoms with Crippen molar-refractivity contribution in [3.05, 3.63) is 11.9 Å². The maximum Gasteiger partial charge on any atom is 0.276 e. The maximum absolute atomic E-state index is 11.8. The van der Waals surface area contributed by atoms with Gasteiger partial charge in [0.15, 0.2) is 5.69 Å². The van der Waals surface area contributed by atoms with Crippen LogP contribution in [0.25, 0.3) is 0 Å². The Hall–Kier alpha value is -1.43. The molecule has 1 aromatic rings. The Balaban J connectivity index is 2.07. The molecule has 0 unspecified atom stereocenters. The molecule has 76 valence electrons. The van der Waals surface area contributed by atoms with Crippen LogP contribution in [-0.2, 0) is 7.05 Å². The number of amides is 1. The van der Waals surface area contributed by atoms with E-state index in [2.05, 4.69) is 15.6 Å². The minimum Gasteiger partial charge on any atom is -0.335 e. The molecule has 0 aliphatic carbocycles. The number of carbonyl (C=O) groups is 1. The lowest BCUT2D eigenvalue weighted by atomic mass is 10.1. The molecule has 1 saturated heterocycles. The van der Waals surface area contributed by atoms with E-state index in [4.69, 9.17) is 0 Å².